The number of benzene rings is 2. The van der Waals surface area contributed by atoms with Crippen LogP contribution in [0.25, 0.3) is 11.0 Å². The number of hydrogen-bond acceptors (Lipinski definition) is 8. The minimum atomic E-state index is -2.86. The summed E-state index contributed by atoms with van der Waals surface area (Å²) in [6.07, 6.45) is 0.379. The van der Waals surface area contributed by atoms with Crippen LogP contribution in [0.4, 0.5) is 5.95 Å². The van der Waals surface area contributed by atoms with Crippen LogP contribution in [0.5, 0.6) is 0 Å². The van der Waals surface area contributed by atoms with Gasteiger partial charge < -0.3 is 23.6 Å². The van der Waals surface area contributed by atoms with Crippen LogP contribution in [0.3, 0.4) is 0 Å². The second-order valence-electron chi connectivity index (χ2n) is 12.2. The summed E-state index contributed by atoms with van der Waals surface area (Å²) in [6.45, 7) is 8.79. The lowest BCUT2D eigenvalue weighted by Gasteiger charge is -2.43. The number of fused-ring (bicyclic) bond motifs is 2. The fourth-order valence-corrected chi connectivity index (χ4v) is 11.1. The van der Waals surface area contributed by atoms with Gasteiger partial charge in [0.1, 0.15) is 23.2 Å². The fraction of sp³-hybridized carbons (Fsp3) is 0.375. The average Bonchev–Trinajstić information content (AvgIpc) is 3.67. The van der Waals surface area contributed by atoms with E-state index >= 15 is 0 Å². The van der Waals surface area contributed by atoms with Gasteiger partial charge in [0.05, 0.1) is 6.61 Å². The van der Waals surface area contributed by atoms with E-state index in [1.54, 1.807) is 6.20 Å². The molecular weight excluding hydrogens is 597 g/mol. The maximum atomic E-state index is 12.9. The van der Waals surface area contributed by atoms with Gasteiger partial charge >= 0.3 is 5.24 Å². The molecule has 0 unspecified atom stereocenters. The van der Waals surface area contributed by atoms with E-state index in [0.29, 0.717) is 23.9 Å². The first kappa shape index (κ1) is 30.2. The SMILES string of the molecule is CCCC(=O)Nc1nc2c([C@@H]3O[C@H](CO[Si](c4ccccc4)(c4ccccc4)C(C)(C)C)[C@H]4OC(=S)O[C@H]43)c[nH]c2c(=O)[nH]1. The molecule has 0 aliphatic carbocycles. The maximum absolute atomic E-state index is 12.9. The average molecular weight is 633 g/mol. The predicted octanol–water partition coefficient (Wildman–Crippen LogP) is 4.08. The normalized spacial score (nSPS) is 21.6. The fourth-order valence-electron chi connectivity index (χ4n) is 6.33. The highest BCUT2D eigenvalue weighted by Gasteiger charge is 2.56. The highest BCUT2D eigenvalue weighted by Crippen LogP contribution is 2.44. The number of aromatic amines is 2. The Balaban J connectivity index is 1.35. The Morgan fingerprint density at radius 3 is 2.30 bits per heavy atom. The summed E-state index contributed by atoms with van der Waals surface area (Å²) in [6, 6.07) is 20.8. The zero-order valence-corrected chi connectivity index (χ0v) is 26.9. The summed E-state index contributed by atoms with van der Waals surface area (Å²) in [7, 11) is -2.86. The van der Waals surface area contributed by atoms with E-state index < -0.39 is 38.3 Å². The number of hydrogen-bond donors (Lipinski definition) is 3. The molecule has 12 heteroatoms. The van der Waals surface area contributed by atoms with Crippen LogP contribution in [0.15, 0.2) is 71.7 Å². The van der Waals surface area contributed by atoms with Crippen molar-refractivity contribution in [3.05, 3.63) is 82.8 Å². The molecule has 2 aliphatic rings. The van der Waals surface area contributed by atoms with Gasteiger partial charge in [0.25, 0.3) is 13.9 Å². The second kappa shape index (κ2) is 11.9. The molecule has 0 bridgehead atoms. The molecule has 0 spiro atoms. The van der Waals surface area contributed by atoms with Gasteiger partial charge in [0.2, 0.25) is 11.9 Å². The monoisotopic (exact) mass is 632 g/mol. The number of amides is 1. The third-order valence-electron chi connectivity index (χ3n) is 8.26. The molecule has 10 nitrogen and oxygen atoms in total. The van der Waals surface area contributed by atoms with Gasteiger partial charge in [-0.3, -0.25) is 19.9 Å². The van der Waals surface area contributed by atoms with E-state index in [-0.39, 0.29) is 34.3 Å². The molecule has 44 heavy (non-hydrogen) atoms. The van der Waals surface area contributed by atoms with E-state index in [1.807, 2.05) is 43.3 Å². The number of aromatic nitrogens is 3. The first-order valence-corrected chi connectivity index (χ1v) is 17.1. The molecule has 6 rings (SSSR count). The molecule has 0 radical (unpaired) electrons. The van der Waals surface area contributed by atoms with Crippen molar-refractivity contribution in [1.29, 1.82) is 0 Å². The minimum absolute atomic E-state index is 0.0434. The zero-order chi connectivity index (χ0) is 31.1. The maximum Gasteiger partial charge on any atom is 0.353 e. The minimum Gasteiger partial charge on any atom is -0.447 e. The van der Waals surface area contributed by atoms with Crippen molar-refractivity contribution >= 4 is 59.0 Å². The Bertz CT molecular complexity index is 1680. The van der Waals surface area contributed by atoms with E-state index in [4.69, 9.17) is 30.9 Å². The van der Waals surface area contributed by atoms with E-state index in [9.17, 15) is 9.59 Å². The summed E-state index contributed by atoms with van der Waals surface area (Å²) < 4.78 is 25.8. The molecule has 2 aromatic carbocycles. The lowest BCUT2D eigenvalue weighted by Crippen LogP contribution is -2.67. The largest absolute Gasteiger partial charge is 0.447 e. The molecule has 1 amide bonds. The predicted molar refractivity (Wildman–Crippen MR) is 174 cm³/mol. The van der Waals surface area contributed by atoms with Gasteiger partial charge in [0.15, 0.2) is 12.2 Å². The summed E-state index contributed by atoms with van der Waals surface area (Å²) in [5.74, 6) is -0.162. The Morgan fingerprint density at radius 1 is 1.05 bits per heavy atom. The molecule has 3 N–H and O–H groups in total. The van der Waals surface area contributed by atoms with Crippen LogP contribution in [0.2, 0.25) is 5.04 Å². The first-order chi connectivity index (χ1) is 21.1. The molecule has 2 saturated heterocycles. The number of nitrogens with zero attached hydrogens (tertiary/aromatic N) is 1. The van der Waals surface area contributed by atoms with Crippen molar-refractivity contribution in [3.8, 4) is 0 Å². The van der Waals surface area contributed by atoms with E-state index in [2.05, 4.69) is 65.3 Å². The number of thiocarbonyl (C=S) groups is 1. The van der Waals surface area contributed by atoms with Gasteiger partial charge in [-0.25, -0.2) is 4.98 Å². The smallest absolute Gasteiger partial charge is 0.353 e. The third kappa shape index (κ3) is 5.36. The van der Waals surface area contributed by atoms with Crippen LogP contribution < -0.4 is 21.2 Å². The van der Waals surface area contributed by atoms with Crippen molar-refractivity contribution in [2.75, 3.05) is 11.9 Å². The topological polar surface area (TPSA) is 128 Å². The lowest BCUT2D eigenvalue weighted by atomic mass is 10.0. The molecule has 230 valence electrons. The number of rotatable bonds is 9. The van der Waals surface area contributed by atoms with Gasteiger partial charge in [-0.2, -0.15) is 0 Å². The molecule has 2 aliphatic heterocycles. The highest BCUT2D eigenvalue weighted by molar-refractivity contribution is 7.79. The molecule has 2 aromatic heterocycles. The molecule has 4 atom stereocenters. The summed E-state index contributed by atoms with van der Waals surface area (Å²) in [5, 5.41) is 4.80. The Morgan fingerprint density at radius 2 is 1.68 bits per heavy atom. The third-order valence-corrected chi connectivity index (χ3v) is 13.5. The zero-order valence-electron chi connectivity index (χ0n) is 25.1. The van der Waals surface area contributed by atoms with E-state index in [0.717, 1.165) is 10.4 Å². The van der Waals surface area contributed by atoms with E-state index in [1.165, 1.54) is 0 Å². The molecule has 4 heterocycles. The molecule has 0 saturated carbocycles. The molecule has 2 fully saturated rings. The Hall–Kier alpha value is -3.84. The van der Waals surface area contributed by atoms with Gasteiger partial charge in [0, 0.05) is 30.4 Å². The van der Waals surface area contributed by atoms with Crippen molar-refractivity contribution in [3.63, 3.8) is 0 Å². The Kier molecular flexibility index (Phi) is 8.18. The van der Waals surface area contributed by atoms with Crippen molar-refractivity contribution < 1.29 is 23.4 Å². The van der Waals surface area contributed by atoms with Gasteiger partial charge in [-0.05, 0) is 21.8 Å². The second-order valence-corrected chi connectivity index (χ2v) is 16.8. The summed E-state index contributed by atoms with van der Waals surface area (Å²) in [5.41, 5.74) is 0.836. The summed E-state index contributed by atoms with van der Waals surface area (Å²) in [4.78, 5) is 35.3. The number of H-pyrrole nitrogens is 2. The quantitative estimate of drug-likeness (QED) is 0.186. The van der Waals surface area contributed by atoms with Crippen molar-refractivity contribution in [2.45, 2.75) is 70.0 Å². The first-order valence-electron chi connectivity index (χ1n) is 14.8. The van der Waals surface area contributed by atoms with Crippen molar-refractivity contribution in [2.24, 2.45) is 0 Å². The number of carbonyl (C=O) groups excluding carboxylic acids is 1. The number of nitrogens with one attached hydrogen (secondary N) is 3. The number of ether oxygens (including phenoxy) is 3. The number of carbonyl (C=O) groups is 1. The Labute approximate surface area is 261 Å². The molecule has 4 aromatic rings. The van der Waals surface area contributed by atoms with Crippen molar-refractivity contribution in [1.82, 2.24) is 15.0 Å². The molecular formula is C32H36N4O6SSi. The standard InChI is InChI=1S/C32H36N4O6SSi/c1-5-12-23(37)34-30-35-24-21(17-33-25(24)29(38)36-30)26-28-27(41-31(43)42-28)22(40-26)18-39-44(32(2,3)4,19-13-8-6-9-14-19)20-15-10-7-11-16-20/h6-11,13-17,22,26-28,33H,5,12,18H2,1-4H3,(H2,34,35,36,37,38)/t22-,26+,27-,28+/m1/s1. The lowest BCUT2D eigenvalue weighted by molar-refractivity contribution is -0.116. The van der Waals surface area contributed by atoms with Crippen LogP contribution in [-0.4, -0.2) is 59.3 Å². The van der Waals surface area contributed by atoms with Crippen LogP contribution >= 0.6 is 12.2 Å². The number of anilines is 1. The van der Waals surface area contributed by atoms with Crippen LogP contribution in [0, 0.1) is 0 Å². The van der Waals surface area contributed by atoms with Gasteiger partial charge in [-0.1, -0.05) is 88.4 Å². The highest BCUT2D eigenvalue weighted by atomic mass is 32.1. The van der Waals surface area contributed by atoms with Crippen LogP contribution in [0.1, 0.15) is 52.2 Å². The summed E-state index contributed by atoms with van der Waals surface area (Å²) >= 11 is 5.33. The van der Waals surface area contributed by atoms with Gasteiger partial charge in [-0.15, -0.1) is 0 Å². The van der Waals surface area contributed by atoms with Crippen LogP contribution in [-0.2, 0) is 23.4 Å².